The van der Waals surface area contributed by atoms with Crippen LogP contribution < -0.4 is 10.6 Å². The highest BCUT2D eigenvalue weighted by Crippen LogP contribution is 2.26. The molecule has 1 atom stereocenters. The molecule has 7 nitrogen and oxygen atoms in total. The first-order valence-electron chi connectivity index (χ1n) is 9.18. The lowest BCUT2D eigenvalue weighted by molar-refractivity contribution is -0.113. The Morgan fingerprint density at radius 1 is 1.03 bits per heavy atom. The molecule has 0 spiro atoms. The predicted octanol–water partition coefficient (Wildman–Crippen LogP) is 5.65. The highest BCUT2D eigenvalue weighted by atomic mass is 35.5. The van der Waals surface area contributed by atoms with E-state index in [0.717, 1.165) is 0 Å². The minimum absolute atomic E-state index is 0.0822. The van der Waals surface area contributed by atoms with Gasteiger partial charge in [-0.3, -0.25) is 9.59 Å². The lowest BCUT2D eigenvalue weighted by atomic mass is 10.2. The lowest BCUT2D eigenvalue weighted by Crippen LogP contribution is -2.28. The molecular formula is C20H17Cl4N5O2S. The van der Waals surface area contributed by atoms with E-state index in [1.165, 1.54) is 17.8 Å². The molecule has 2 amide bonds. The molecule has 3 rings (SSSR count). The molecular weight excluding hydrogens is 516 g/mol. The summed E-state index contributed by atoms with van der Waals surface area (Å²) in [7, 11) is 1.76. The molecule has 0 unspecified atom stereocenters. The number of nitrogens with one attached hydrogen (secondary N) is 2. The number of anilines is 1. The second-order valence-electron chi connectivity index (χ2n) is 6.68. The fourth-order valence-corrected chi connectivity index (χ4v) is 4.07. The molecule has 1 aromatic heterocycles. The number of rotatable bonds is 7. The third kappa shape index (κ3) is 6.08. The third-order valence-corrected chi connectivity index (χ3v) is 6.64. The Balaban J connectivity index is 1.60. The molecule has 0 aliphatic heterocycles. The standard InChI is InChI=1S/C20H17Cl4N5O2S/c1-10(25-19(31)11-3-5-13(22)15(24)7-11)18-27-28-20(29(18)2)32-9-17(30)26-16-8-12(21)4-6-14(16)23/h3-8,10H,9H2,1-2H3,(H,25,31)(H,26,30)/t10-/m0/s1. The normalized spacial score (nSPS) is 11.8. The van der Waals surface area contributed by atoms with E-state index in [-0.39, 0.29) is 17.6 Å². The zero-order valence-electron chi connectivity index (χ0n) is 16.8. The van der Waals surface area contributed by atoms with Crippen molar-refractivity contribution in [1.82, 2.24) is 20.1 Å². The molecule has 0 aliphatic carbocycles. The van der Waals surface area contributed by atoms with E-state index in [1.807, 2.05) is 0 Å². The van der Waals surface area contributed by atoms with Crippen molar-refractivity contribution in [2.24, 2.45) is 7.05 Å². The molecule has 3 aromatic rings. The van der Waals surface area contributed by atoms with Gasteiger partial charge in [-0.25, -0.2) is 0 Å². The minimum atomic E-state index is -0.442. The van der Waals surface area contributed by atoms with E-state index in [2.05, 4.69) is 20.8 Å². The number of carbonyl (C=O) groups is 2. The van der Waals surface area contributed by atoms with Crippen LogP contribution in [0, 0.1) is 0 Å². The summed E-state index contributed by atoms with van der Waals surface area (Å²) in [5, 5.41) is 15.8. The van der Waals surface area contributed by atoms with Crippen LogP contribution in [0.4, 0.5) is 5.69 Å². The number of hydrogen-bond donors (Lipinski definition) is 2. The number of benzene rings is 2. The first kappa shape index (κ1) is 24.7. The van der Waals surface area contributed by atoms with Gasteiger partial charge >= 0.3 is 0 Å². The van der Waals surface area contributed by atoms with Crippen molar-refractivity contribution >= 4 is 75.7 Å². The van der Waals surface area contributed by atoms with Crippen LogP contribution in [0.2, 0.25) is 20.1 Å². The zero-order chi connectivity index (χ0) is 23.4. The van der Waals surface area contributed by atoms with Gasteiger partial charge in [0.15, 0.2) is 11.0 Å². The van der Waals surface area contributed by atoms with Crippen molar-refractivity contribution in [2.45, 2.75) is 18.1 Å². The van der Waals surface area contributed by atoms with Gasteiger partial charge in [0.2, 0.25) is 5.91 Å². The Kier molecular flexibility index (Phi) is 8.30. The average molecular weight is 533 g/mol. The molecule has 0 saturated heterocycles. The number of hydrogen-bond acceptors (Lipinski definition) is 5. The van der Waals surface area contributed by atoms with Gasteiger partial charge < -0.3 is 15.2 Å². The number of halogens is 4. The minimum Gasteiger partial charge on any atom is -0.342 e. The van der Waals surface area contributed by atoms with Crippen molar-refractivity contribution in [1.29, 1.82) is 0 Å². The maximum atomic E-state index is 12.5. The number of nitrogens with zero attached hydrogens (tertiary/aromatic N) is 3. The first-order valence-corrected chi connectivity index (χ1v) is 11.7. The fraction of sp³-hybridized carbons (Fsp3) is 0.200. The van der Waals surface area contributed by atoms with E-state index in [9.17, 15) is 9.59 Å². The van der Waals surface area contributed by atoms with Crippen LogP contribution in [0.1, 0.15) is 29.1 Å². The molecule has 1 heterocycles. The van der Waals surface area contributed by atoms with E-state index >= 15 is 0 Å². The number of amides is 2. The van der Waals surface area contributed by atoms with Gasteiger partial charge in [-0.1, -0.05) is 58.2 Å². The Morgan fingerprint density at radius 3 is 2.47 bits per heavy atom. The summed E-state index contributed by atoms with van der Waals surface area (Å²) in [6.45, 7) is 1.78. The second-order valence-corrected chi connectivity index (χ2v) is 9.29. The number of thioether (sulfide) groups is 1. The van der Waals surface area contributed by atoms with Crippen LogP contribution in [0.25, 0.3) is 0 Å². The molecule has 2 N–H and O–H groups in total. The molecule has 0 radical (unpaired) electrons. The summed E-state index contributed by atoms with van der Waals surface area (Å²) in [6, 6.07) is 9.01. The lowest BCUT2D eigenvalue weighted by Gasteiger charge is -2.14. The number of carbonyl (C=O) groups excluding carboxylic acids is 2. The Bertz CT molecular complexity index is 1170. The Morgan fingerprint density at radius 2 is 1.75 bits per heavy atom. The first-order chi connectivity index (χ1) is 15.2. The summed E-state index contributed by atoms with van der Waals surface area (Å²) in [6.07, 6.45) is 0. The quantitative estimate of drug-likeness (QED) is 0.384. The maximum Gasteiger partial charge on any atom is 0.251 e. The van der Waals surface area contributed by atoms with Crippen molar-refractivity contribution in [3.63, 3.8) is 0 Å². The molecule has 0 saturated carbocycles. The van der Waals surface area contributed by atoms with E-state index in [1.54, 1.807) is 48.9 Å². The highest BCUT2D eigenvalue weighted by molar-refractivity contribution is 7.99. The summed E-state index contributed by atoms with van der Waals surface area (Å²) in [5.41, 5.74) is 0.807. The fourth-order valence-electron chi connectivity index (χ4n) is 2.72. The summed E-state index contributed by atoms with van der Waals surface area (Å²) < 4.78 is 1.71. The van der Waals surface area contributed by atoms with Crippen molar-refractivity contribution < 1.29 is 9.59 Å². The summed E-state index contributed by atoms with van der Waals surface area (Å²) >= 11 is 25.1. The summed E-state index contributed by atoms with van der Waals surface area (Å²) in [4.78, 5) is 24.8. The van der Waals surface area contributed by atoms with Gasteiger partial charge in [0.25, 0.3) is 5.91 Å². The highest BCUT2D eigenvalue weighted by Gasteiger charge is 2.19. The van der Waals surface area contributed by atoms with Gasteiger partial charge in [0.1, 0.15) is 0 Å². The van der Waals surface area contributed by atoms with E-state index in [4.69, 9.17) is 46.4 Å². The molecule has 0 bridgehead atoms. The van der Waals surface area contributed by atoms with Crippen LogP contribution in [0.5, 0.6) is 0 Å². The molecule has 0 fully saturated rings. The molecule has 168 valence electrons. The van der Waals surface area contributed by atoms with Gasteiger partial charge in [-0.05, 0) is 43.3 Å². The van der Waals surface area contributed by atoms with Crippen LogP contribution in [0.3, 0.4) is 0 Å². The van der Waals surface area contributed by atoms with Crippen molar-refractivity contribution in [3.8, 4) is 0 Å². The van der Waals surface area contributed by atoms with Crippen LogP contribution in [0.15, 0.2) is 41.6 Å². The Hall–Kier alpha value is -1.97. The third-order valence-electron chi connectivity index (χ3n) is 4.32. The monoisotopic (exact) mass is 531 g/mol. The van der Waals surface area contributed by atoms with Gasteiger partial charge in [0, 0.05) is 17.6 Å². The van der Waals surface area contributed by atoms with Crippen LogP contribution >= 0.6 is 58.2 Å². The average Bonchev–Trinajstić information content (AvgIpc) is 3.11. The number of aromatic nitrogens is 3. The molecule has 12 heteroatoms. The maximum absolute atomic E-state index is 12.5. The van der Waals surface area contributed by atoms with Gasteiger partial charge in [0.05, 0.1) is 32.5 Å². The topological polar surface area (TPSA) is 88.9 Å². The van der Waals surface area contributed by atoms with E-state index < -0.39 is 6.04 Å². The molecule has 0 aliphatic rings. The van der Waals surface area contributed by atoms with Crippen molar-refractivity contribution in [3.05, 3.63) is 67.9 Å². The predicted molar refractivity (Wildman–Crippen MR) is 129 cm³/mol. The van der Waals surface area contributed by atoms with E-state index in [0.29, 0.717) is 42.3 Å². The van der Waals surface area contributed by atoms with Crippen LogP contribution in [-0.4, -0.2) is 32.3 Å². The molecule has 32 heavy (non-hydrogen) atoms. The van der Waals surface area contributed by atoms with Crippen LogP contribution in [-0.2, 0) is 11.8 Å². The zero-order valence-corrected chi connectivity index (χ0v) is 20.7. The molecule has 2 aromatic carbocycles. The smallest absolute Gasteiger partial charge is 0.251 e. The summed E-state index contributed by atoms with van der Waals surface area (Å²) in [5.74, 6) is 0.00804. The van der Waals surface area contributed by atoms with Gasteiger partial charge in [-0.2, -0.15) is 0 Å². The van der Waals surface area contributed by atoms with Gasteiger partial charge in [-0.15, -0.1) is 10.2 Å². The second kappa shape index (κ2) is 10.8. The largest absolute Gasteiger partial charge is 0.342 e. The van der Waals surface area contributed by atoms with Crippen molar-refractivity contribution in [2.75, 3.05) is 11.1 Å². The SMILES string of the molecule is C[C@H](NC(=O)c1ccc(Cl)c(Cl)c1)c1nnc(SCC(=O)Nc2cc(Cl)ccc2Cl)n1C. The Labute approximate surface area is 208 Å².